The molecule has 0 atom stereocenters. The lowest BCUT2D eigenvalue weighted by atomic mass is 10.0. The molecule has 0 aromatic heterocycles. The van der Waals surface area contributed by atoms with Gasteiger partial charge in [0.1, 0.15) is 5.75 Å². The molecule has 0 fully saturated rings. The van der Waals surface area contributed by atoms with Gasteiger partial charge in [-0.1, -0.05) is 23.2 Å². The first-order valence-electron chi connectivity index (χ1n) is 9.86. The first-order chi connectivity index (χ1) is 15.3. The molecule has 1 aliphatic rings. The summed E-state index contributed by atoms with van der Waals surface area (Å²) in [5, 5.41) is 3.74. The number of ether oxygens (including phenoxy) is 1. The van der Waals surface area contributed by atoms with E-state index in [1.807, 2.05) is 0 Å². The van der Waals surface area contributed by atoms with E-state index in [0.717, 1.165) is 5.56 Å². The van der Waals surface area contributed by atoms with E-state index >= 15 is 0 Å². The molecular formula is C23H20Cl2N2O4S. The van der Waals surface area contributed by atoms with Gasteiger partial charge in [0.2, 0.25) is 0 Å². The van der Waals surface area contributed by atoms with Gasteiger partial charge in [0.15, 0.2) is 0 Å². The first-order valence-corrected chi connectivity index (χ1v) is 12.1. The monoisotopic (exact) mass is 490 g/mol. The molecule has 9 heteroatoms. The Kier molecular flexibility index (Phi) is 6.33. The fraction of sp³-hybridized carbons (Fsp3) is 0.174. The lowest BCUT2D eigenvalue weighted by Crippen LogP contribution is -2.35. The maximum Gasteiger partial charge on any atom is 0.264 e. The number of amides is 1. The average molecular weight is 491 g/mol. The summed E-state index contributed by atoms with van der Waals surface area (Å²) in [5.74, 6) is 0.145. The van der Waals surface area contributed by atoms with Gasteiger partial charge in [-0.05, 0) is 79.1 Å². The number of aryl methyl sites for hydroxylation is 1. The van der Waals surface area contributed by atoms with E-state index in [0.29, 0.717) is 52.1 Å². The standard InChI is InChI=1S/C23H20Cl2N2O4S/c1-31-22-11-7-18(25)14-20(22)26-23(28)16-4-10-21-15(13-16)3-2-12-27(21)32(29,30)19-8-5-17(24)6-9-19/h4-11,13-14H,2-3,12H2,1H3,(H,26,28). The van der Waals surface area contributed by atoms with Crippen LogP contribution in [-0.2, 0) is 16.4 Å². The molecule has 0 saturated carbocycles. The number of hydrogen-bond acceptors (Lipinski definition) is 4. The van der Waals surface area contributed by atoms with E-state index in [9.17, 15) is 13.2 Å². The van der Waals surface area contributed by atoms with Crippen LogP contribution >= 0.6 is 23.2 Å². The number of nitrogens with zero attached hydrogens (tertiary/aromatic N) is 1. The molecule has 1 N–H and O–H groups in total. The van der Waals surface area contributed by atoms with Crippen LogP contribution in [0.4, 0.5) is 11.4 Å². The molecule has 3 aromatic carbocycles. The molecular weight excluding hydrogens is 471 g/mol. The Morgan fingerprint density at radius 2 is 1.72 bits per heavy atom. The van der Waals surface area contributed by atoms with Gasteiger partial charge < -0.3 is 10.1 Å². The minimum atomic E-state index is -3.74. The number of halogens is 2. The zero-order chi connectivity index (χ0) is 22.9. The number of nitrogens with one attached hydrogen (secondary N) is 1. The van der Waals surface area contributed by atoms with Crippen LogP contribution in [0.5, 0.6) is 5.75 Å². The number of methoxy groups -OCH3 is 1. The van der Waals surface area contributed by atoms with Gasteiger partial charge in [-0.3, -0.25) is 9.10 Å². The summed E-state index contributed by atoms with van der Waals surface area (Å²) in [6, 6.07) is 16.1. The molecule has 0 aliphatic carbocycles. The van der Waals surface area contributed by atoms with Crippen LogP contribution in [0.3, 0.4) is 0 Å². The summed E-state index contributed by atoms with van der Waals surface area (Å²) in [5.41, 5.74) is 2.23. The average Bonchev–Trinajstić information content (AvgIpc) is 2.78. The van der Waals surface area contributed by atoms with Gasteiger partial charge in [0, 0.05) is 22.2 Å². The zero-order valence-corrected chi connectivity index (χ0v) is 19.5. The van der Waals surface area contributed by atoms with Gasteiger partial charge in [-0.15, -0.1) is 0 Å². The summed E-state index contributed by atoms with van der Waals surface area (Å²) in [7, 11) is -2.24. The summed E-state index contributed by atoms with van der Waals surface area (Å²) < 4.78 is 33.1. The van der Waals surface area contributed by atoms with Crippen molar-refractivity contribution in [3.8, 4) is 5.75 Å². The predicted molar refractivity (Wildman–Crippen MR) is 127 cm³/mol. The second-order valence-corrected chi connectivity index (χ2v) is 10.0. The number of carbonyl (C=O) groups excluding carboxylic acids is 1. The predicted octanol–water partition coefficient (Wildman–Crippen LogP) is 5.40. The maximum absolute atomic E-state index is 13.2. The van der Waals surface area contributed by atoms with Crippen LogP contribution in [0.1, 0.15) is 22.3 Å². The number of sulfonamides is 1. The molecule has 6 nitrogen and oxygen atoms in total. The topological polar surface area (TPSA) is 75.7 Å². The van der Waals surface area contributed by atoms with Crippen molar-refractivity contribution in [2.75, 3.05) is 23.3 Å². The van der Waals surface area contributed by atoms with Crippen molar-refractivity contribution >= 4 is 50.5 Å². The number of carbonyl (C=O) groups is 1. The van der Waals surface area contributed by atoms with Gasteiger partial charge in [-0.25, -0.2) is 8.42 Å². The van der Waals surface area contributed by atoms with Crippen LogP contribution < -0.4 is 14.4 Å². The van der Waals surface area contributed by atoms with Crippen molar-refractivity contribution in [2.24, 2.45) is 0 Å². The van der Waals surface area contributed by atoms with E-state index < -0.39 is 10.0 Å². The fourth-order valence-corrected chi connectivity index (χ4v) is 5.50. The minimum Gasteiger partial charge on any atom is -0.495 e. The Hall–Kier alpha value is -2.74. The van der Waals surface area contributed by atoms with Crippen molar-refractivity contribution in [1.82, 2.24) is 0 Å². The third kappa shape index (κ3) is 4.41. The second kappa shape index (κ2) is 9.02. The minimum absolute atomic E-state index is 0.171. The molecule has 1 heterocycles. The molecule has 1 amide bonds. The van der Waals surface area contributed by atoms with Crippen LogP contribution in [0.25, 0.3) is 0 Å². The highest BCUT2D eigenvalue weighted by Crippen LogP contribution is 2.34. The fourth-order valence-electron chi connectivity index (χ4n) is 3.66. The van der Waals surface area contributed by atoms with Gasteiger partial charge in [0.05, 0.1) is 23.4 Å². The molecule has 166 valence electrons. The van der Waals surface area contributed by atoms with Crippen molar-refractivity contribution < 1.29 is 17.9 Å². The van der Waals surface area contributed by atoms with Gasteiger partial charge >= 0.3 is 0 Å². The zero-order valence-electron chi connectivity index (χ0n) is 17.1. The smallest absolute Gasteiger partial charge is 0.264 e. The first kappa shape index (κ1) is 22.5. The highest BCUT2D eigenvalue weighted by molar-refractivity contribution is 7.92. The van der Waals surface area contributed by atoms with Crippen molar-refractivity contribution in [3.63, 3.8) is 0 Å². The second-order valence-electron chi connectivity index (χ2n) is 7.28. The van der Waals surface area contributed by atoms with Crippen LogP contribution in [0.2, 0.25) is 10.0 Å². The Labute approximate surface area is 196 Å². The highest BCUT2D eigenvalue weighted by Gasteiger charge is 2.29. The number of rotatable bonds is 5. The summed E-state index contributed by atoms with van der Waals surface area (Å²) in [6.45, 7) is 0.364. The lowest BCUT2D eigenvalue weighted by molar-refractivity contribution is 0.102. The van der Waals surface area contributed by atoms with Crippen LogP contribution in [0.15, 0.2) is 65.6 Å². The van der Waals surface area contributed by atoms with E-state index in [4.69, 9.17) is 27.9 Å². The molecule has 3 aromatic rings. The molecule has 0 unspecified atom stereocenters. The van der Waals surface area contributed by atoms with E-state index in [2.05, 4.69) is 5.32 Å². The molecule has 0 radical (unpaired) electrons. The number of hydrogen-bond donors (Lipinski definition) is 1. The van der Waals surface area contributed by atoms with Gasteiger partial charge in [-0.2, -0.15) is 0 Å². The quantitative estimate of drug-likeness (QED) is 0.519. The summed E-state index contributed by atoms with van der Waals surface area (Å²) in [4.78, 5) is 13.0. The number of fused-ring (bicyclic) bond motifs is 1. The summed E-state index contributed by atoms with van der Waals surface area (Å²) in [6.07, 6.45) is 1.32. The third-order valence-electron chi connectivity index (χ3n) is 5.23. The molecule has 0 bridgehead atoms. The third-order valence-corrected chi connectivity index (χ3v) is 7.54. The van der Waals surface area contributed by atoms with Gasteiger partial charge in [0.25, 0.3) is 15.9 Å². The van der Waals surface area contributed by atoms with E-state index in [1.165, 1.54) is 23.5 Å². The molecule has 0 spiro atoms. The normalized spacial score (nSPS) is 13.4. The van der Waals surface area contributed by atoms with Crippen LogP contribution in [-0.4, -0.2) is 28.0 Å². The Bertz CT molecular complexity index is 1280. The molecule has 4 rings (SSSR count). The Balaban J connectivity index is 1.63. The van der Waals surface area contributed by atoms with Crippen LogP contribution in [0, 0.1) is 0 Å². The molecule has 32 heavy (non-hydrogen) atoms. The largest absolute Gasteiger partial charge is 0.495 e. The Morgan fingerprint density at radius 1 is 1.00 bits per heavy atom. The van der Waals surface area contributed by atoms with E-state index in [1.54, 1.807) is 48.5 Å². The summed E-state index contributed by atoms with van der Waals surface area (Å²) >= 11 is 11.9. The lowest BCUT2D eigenvalue weighted by Gasteiger charge is -2.30. The maximum atomic E-state index is 13.2. The SMILES string of the molecule is COc1ccc(Cl)cc1NC(=O)c1ccc2c(c1)CCCN2S(=O)(=O)c1ccc(Cl)cc1. The van der Waals surface area contributed by atoms with Crippen molar-refractivity contribution in [2.45, 2.75) is 17.7 Å². The highest BCUT2D eigenvalue weighted by atomic mass is 35.5. The number of anilines is 2. The van der Waals surface area contributed by atoms with Crippen molar-refractivity contribution in [1.29, 1.82) is 0 Å². The molecule has 0 saturated heterocycles. The van der Waals surface area contributed by atoms with Crippen molar-refractivity contribution in [3.05, 3.63) is 81.8 Å². The number of benzene rings is 3. The van der Waals surface area contributed by atoms with E-state index in [-0.39, 0.29) is 10.8 Å². The Morgan fingerprint density at radius 3 is 2.44 bits per heavy atom. The molecule has 1 aliphatic heterocycles.